The zero-order valence-corrected chi connectivity index (χ0v) is 12.6. The van der Waals surface area contributed by atoms with Gasteiger partial charge in [0.05, 0.1) is 5.52 Å². The van der Waals surface area contributed by atoms with Crippen LogP contribution in [-0.4, -0.2) is 35.1 Å². The zero-order chi connectivity index (χ0) is 14.1. The van der Waals surface area contributed by atoms with Gasteiger partial charge in [0.15, 0.2) is 0 Å². The molecule has 0 aliphatic carbocycles. The fourth-order valence-corrected chi connectivity index (χ4v) is 3.34. The standard InChI is InChI=1S/C17H23N3/c1-12-8-15(16-6-4-5-7-17(16)19-12)11-20-9-13(2)18-14(3)10-20/h4-8,13-14,18H,9-11H2,1-3H3. The molecular formula is C17H23N3. The molecular weight excluding hydrogens is 246 g/mol. The first-order chi connectivity index (χ1) is 9.61. The SMILES string of the molecule is Cc1cc(CN2CC(C)NC(C)C2)c2ccccc2n1. The van der Waals surface area contributed by atoms with Gasteiger partial charge in [-0.3, -0.25) is 9.88 Å². The van der Waals surface area contributed by atoms with Gasteiger partial charge >= 0.3 is 0 Å². The van der Waals surface area contributed by atoms with E-state index < -0.39 is 0 Å². The van der Waals surface area contributed by atoms with E-state index in [0.29, 0.717) is 12.1 Å². The summed E-state index contributed by atoms with van der Waals surface area (Å²) in [4.78, 5) is 7.18. The monoisotopic (exact) mass is 269 g/mol. The van der Waals surface area contributed by atoms with Crippen LogP contribution in [0.15, 0.2) is 30.3 Å². The minimum absolute atomic E-state index is 0.563. The van der Waals surface area contributed by atoms with Gasteiger partial charge in [-0.2, -0.15) is 0 Å². The summed E-state index contributed by atoms with van der Waals surface area (Å²) in [5, 5.41) is 4.88. The van der Waals surface area contributed by atoms with E-state index >= 15 is 0 Å². The van der Waals surface area contributed by atoms with E-state index in [-0.39, 0.29) is 0 Å². The van der Waals surface area contributed by atoms with Gasteiger partial charge in [-0.25, -0.2) is 0 Å². The molecule has 0 bridgehead atoms. The summed E-state index contributed by atoms with van der Waals surface area (Å²) in [6.45, 7) is 9.84. The Labute approximate surface area is 121 Å². The molecule has 1 aliphatic heterocycles. The van der Waals surface area contributed by atoms with Crippen molar-refractivity contribution in [2.24, 2.45) is 0 Å². The van der Waals surface area contributed by atoms with Gasteiger partial charge < -0.3 is 5.32 Å². The van der Waals surface area contributed by atoms with Gasteiger partial charge in [0, 0.05) is 42.8 Å². The van der Waals surface area contributed by atoms with Gasteiger partial charge in [-0.05, 0) is 38.5 Å². The Morgan fingerprint density at radius 1 is 1.20 bits per heavy atom. The van der Waals surface area contributed by atoms with Crippen LogP contribution in [0.4, 0.5) is 0 Å². The molecule has 2 atom stereocenters. The summed E-state index contributed by atoms with van der Waals surface area (Å²) in [5.41, 5.74) is 3.61. The molecule has 1 aromatic carbocycles. The summed E-state index contributed by atoms with van der Waals surface area (Å²) in [6.07, 6.45) is 0. The second kappa shape index (κ2) is 5.51. The van der Waals surface area contributed by atoms with E-state index in [2.05, 4.69) is 66.3 Å². The van der Waals surface area contributed by atoms with Crippen molar-refractivity contribution in [3.8, 4) is 0 Å². The van der Waals surface area contributed by atoms with Crippen molar-refractivity contribution in [3.63, 3.8) is 0 Å². The molecule has 0 radical (unpaired) electrons. The Hall–Kier alpha value is -1.45. The van der Waals surface area contributed by atoms with Crippen LogP contribution in [0.1, 0.15) is 25.1 Å². The van der Waals surface area contributed by atoms with E-state index in [4.69, 9.17) is 0 Å². The fraction of sp³-hybridized carbons (Fsp3) is 0.471. The molecule has 2 heterocycles. The van der Waals surface area contributed by atoms with Gasteiger partial charge in [0.1, 0.15) is 0 Å². The number of aromatic nitrogens is 1. The van der Waals surface area contributed by atoms with Crippen LogP contribution in [0.5, 0.6) is 0 Å². The van der Waals surface area contributed by atoms with Crippen molar-refractivity contribution in [1.29, 1.82) is 0 Å². The maximum Gasteiger partial charge on any atom is 0.0708 e. The molecule has 0 saturated carbocycles. The largest absolute Gasteiger partial charge is 0.309 e. The third kappa shape index (κ3) is 2.84. The van der Waals surface area contributed by atoms with Gasteiger partial charge in [-0.15, -0.1) is 0 Å². The lowest BCUT2D eigenvalue weighted by atomic mass is 10.1. The summed E-state index contributed by atoms with van der Waals surface area (Å²) in [6, 6.07) is 11.8. The highest BCUT2D eigenvalue weighted by Gasteiger charge is 2.21. The van der Waals surface area contributed by atoms with Crippen molar-refractivity contribution < 1.29 is 0 Å². The number of aryl methyl sites for hydroxylation is 1. The Morgan fingerprint density at radius 3 is 2.65 bits per heavy atom. The normalized spacial score (nSPS) is 24.1. The Balaban J connectivity index is 1.90. The second-order valence-corrected chi connectivity index (χ2v) is 6.10. The summed E-state index contributed by atoms with van der Waals surface area (Å²) >= 11 is 0. The Kier molecular flexibility index (Phi) is 3.72. The van der Waals surface area contributed by atoms with E-state index in [1.54, 1.807) is 0 Å². The number of benzene rings is 1. The van der Waals surface area contributed by atoms with Crippen molar-refractivity contribution in [2.45, 2.75) is 39.4 Å². The zero-order valence-electron chi connectivity index (χ0n) is 12.6. The number of rotatable bonds is 2. The highest BCUT2D eigenvalue weighted by Crippen LogP contribution is 2.20. The smallest absolute Gasteiger partial charge is 0.0708 e. The fourth-order valence-electron chi connectivity index (χ4n) is 3.34. The van der Waals surface area contributed by atoms with Crippen LogP contribution < -0.4 is 5.32 Å². The molecule has 3 nitrogen and oxygen atoms in total. The van der Waals surface area contributed by atoms with Crippen molar-refractivity contribution in [1.82, 2.24) is 15.2 Å². The van der Waals surface area contributed by atoms with E-state index in [0.717, 1.165) is 30.8 Å². The number of pyridine rings is 1. The molecule has 1 saturated heterocycles. The van der Waals surface area contributed by atoms with Crippen LogP contribution in [0.3, 0.4) is 0 Å². The number of hydrogen-bond donors (Lipinski definition) is 1. The van der Waals surface area contributed by atoms with Crippen LogP contribution >= 0.6 is 0 Å². The van der Waals surface area contributed by atoms with Crippen LogP contribution in [0.2, 0.25) is 0 Å². The third-order valence-corrected chi connectivity index (χ3v) is 3.96. The molecule has 1 aromatic heterocycles. The molecule has 1 aliphatic rings. The van der Waals surface area contributed by atoms with Crippen molar-refractivity contribution >= 4 is 10.9 Å². The highest BCUT2D eigenvalue weighted by molar-refractivity contribution is 5.82. The van der Waals surface area contributed by atoms with Crippen LogP contribution in [0.25, 0.3) is 10.9 Å². The Bertz CT molecular complexity index is 598. The summed E-state index contributed by atoms with van der Waals surface area (Å²) in [5.74, 6) is 0. The number of nitrogens with zero attached hydrogens (tertiary/aromatic N) is 2. The molecule has 2 unspecified atom stereocenters. The third-order valence-electron chi connectivity index (χ3n) is 3.96. The maximum absolute atomic E-state index is 4.63. The topological polar surface area (TPSA) is 28.2 Å². The lowest BCUT2D eigenvalue weighted by Crippen LogP contribution is -2.53. The number of para-hydroxylation sites is 1. The van der Waals surface area contributed by atoms with Crippen molar-refractivity contribution in [3.05, 3.63) is 41.6 Å². The predicted octanol–water partition coefficient (Wildman–Crippen LogP) is 2.73. The van der Waals surface area contributed by atoms with Gasteiger partial charge in [0.25, 0.3) is 0 Å². The van der Waals surface area contributed by atoms with Crippen LogP contribution in [0, 0.1) is 6.92 Å². The predicted molar refractivity (Wildman–Crippen MR) is 83.8 cm³/mol. The molecule has 3 rings (SSSR count). The minimum atomic E-state index is 0.563. The first kappa shape index (κ1) is 13.5. The molecule has 20 heavy (non-hydrogen) atoms. The van der Waals surface area contributed by atoms with E-state index in [1.165, 1.54) is 10.9 Å². The minimum Gasteiger partial charge on any atom is -0.309 e. The lowest BCUT2D eigenvalue weighted by Gasteiger charge is -2.36. The quantitative estimate of drug-likeness (QED) is 0.908. The molecule has 1 fully saturated rings. The lowest BCUT2D eigenvalue weighted by molar-refractivity contribution is 0.167. The van der Waals surface area contributed by atoms with Crippen molar-refractivity contribution in [2.75, 3.05) is 13.1 Å². The molecule has 3 heteroatoms. The summed E-state index contributed by atoms with van der Waals surface area (Å²) in [7, 11) is 0. The number of fused-ring (bicyclic) bond motifs is 1. The maximum atomic E-state index is 4.63. The molecule has 2 aromatic rings. The molecule has 0 amide bonds. The first-order valence-electron chi connectivity index (χ1n) is 7.45. The van der Waals surface area contributed by atoms with Gasteiger partial charge in [0.2, 0.25) is 0 Å². The molecule has 1 N–H and O–H groups in total. The first-order valence-corrected chi connectivity index (χ1v) is 7.45. The van der Waals surface area contributed by atoms with E-state index in [1.807, 2.05) is 0 Å². The van der Waals surface area contributed by atoms with E-state index in [9.17, 15) is 0 Å². The van der Waals surface area contributed by atoms with Gasteiger partial charge in [-0.1, -0.05) is 18.2 Å². The average molecular weight is 269 g/mol. The number of piperazine rings is 1. The molecule has 0 spiro atoms. The molecule has 106 valence electrons. The van der Waals surface area contributed by atoms with Crippen LogP contribution in [-0.2, 0) is 6.54 Å². The average Bonchev–Trinajstić information content (AvgIpc) is 2.37. The number of hydrogen-bond acceptors (Lipinski definition) is 3. The highest BCUT2D eigenvalue weighted by atomic mass is 15.2. The summed E-state index contributed by atoms with van der Waals surface area (Å²) < 4.78 is 0. The Morgan fingerprint density at radius 2 is 1.90 bits per heavy atom. The second-order valence-electron chi connectivity index (χ2n) is 6.10. The number of nitrogens with one attached hydrogen (secondary N) is 1.